The van der Waals surface area contributed by atoms with E-state index in [-0.39, 0.29) is 10.6 Å². The van der Waals surface area contributed by atoms with E-state index in [1.165, 1.54) is 38.2 Å². The van der Waals surface area contributed by atoms with Gasteiger partial charge in [0.25, 0.3) is 0 Å². The third-order valence-corrected chi connectivity index (χ3v) is 4.54. The molecule has 0 aliphatic heterocycles. The van der Waals surface area contributed by atoms with Crippen molar-refractivity contribution < 1.29 is 18.0 Å². The molecule has 0 heterocycles. The topological polar surface area (TPSA) is 118 Å². The van der Waals surface area contributed by atoms with Gasteiger partial charge in [0.1, 0.15) is 5.25 Å². The number of rotatable bonds is 3. The number of sulfone groups is 1. The minimum absolute atomic E-state index is 0.0629. The summed E-state index contributed by atoms with van der Waals surface area (Å²) in [5, 5.41) is 2.69. The van der Waals surface area contributed by atoms with Crippen molar-refractivity contribution in [2.75, 3.05) is 12.8 Å². The number of nitrogens with one attached hydrogen (secondary N) is 2. The van der Waals surface area contributed by atoms with Gasteiger partial charge in [0, 0.05) is 12.7 Å². The van der Waals surface area contributed by atoms with Gasteiger partial charge in [-0.25, -0.2) is 13.2 Å². The molecule has 0 saturated carbocycles. The van der Waals surface area contributed by atoms with Gasteiger partial charge in [-0.05, 0) is 25.1 Å². The lowest BCUT2D eigenvalue weighted by molar-refractivity contribution is -0.119. The molecule has 0 spiro atoms. The molecule has 0 aliphatic rings. The Hall–Kier alpha value is -2.09. The predicted octanol–water partition coefficient (Wildman–Crippen LogP) is -0.113. The molecule has 1 atom stereocenters. The van der Waals surface area contributed by atoms with Gasteiger partial charge < -0.3 is 11.1 Å². The summed E-state index contributed by atoms with van der Waals surface area (Å²) in [7, 11) is -2.57. The van der Waals surface area contributed by atoms with E-state index in [1.807, 2.05) is 5.32 Å². The molecule has 1 aromatic rings. The lowest BCUT2D eigenvalue weighted by Gasteiger charge is -2.12. The molecule has 104 valence electrons. The van der Waals surface area contributed by atoms with Crippen molar-refractivity contribution >= 4 is 27.5 Å². The van der Waals surface area contributed by atoms with E-state index in [4.69, 9.17) is 5.73 Å². The van der Waals surface area contributed by atoms with E-state index >= 15 is 0 Å². The van der Waals surface area contributed by atoms with E-state index in [0.717, 1.165) is 0 Å². The Kier molecular flexibility index (Phi) is 4.49. The third kappa shape index (κ3) is 3.44. The number of amides is 3. The van der Waals surface area contributed by atoms with Gasteiger partial charge in [0.15, 0.2) is 9.84 Å². The minimum Gasteiger partial charge on any atom is -0.399 e. The number of urea groups is 1. The van der Waals surface area contributed by atoms with Crippen molar-refractivity contribution in [3.05, 3.63) is 24.3 Å². The smallest absolute Gasteiger partial charge is 0.321 e. The summed E-state index contributed by atoms with van der Waals surface area (Å²) in [6, 6.07) is 4.86. The zero-order chi connectivity index (χ0) is 14.6. The number of nitrogens with two attached hydrogens (primary N) is 1. The Morgan fingerprint density at radius 2 is 1.95 bits per heavy atom. The fourth-order valence-corrected chi connectivity index (χ4v) is 2.63. The van der Waals surface area contributed by atoms with Gasteiger partial charge in [-0.15, -0.1) is 0 Å². The SMILES string of the molecule is CNC(=O)NC(=O)C(C)S(=O)(=O)c1cccc(N)c1. The second kappa shape index (κ2) is 5.70. The summed E-state index contributed by atoms with van der Waals surface area (Å²) in [4.78, 5) is 22.6. The van der Waals surface area contributed by atoms with Crippen LogP contribution in [-0.4, -0.2) is 32.7 Å². The normalized spacial score (nSPS) is 12.5. The first-order chi connectivity index (χ1) is 8.78. The number of imide groups is 1. The van der Waals surface area contributed by atoms with Crippen molar-refractivity contribution in [1.29, 1.82) is 0 Å². The number of nitrogen functional groups attached to an aromatic ring is 1. The summed E-state index contributed by atoms with van der Waals surface area (Å²) < 4.78 is 24.3. The van der Waals surface area contributed by atoms with Gasteiger partial charge >= 0.3 is 6.03 Å². The van der Waals surface area contributed by atoms with Crippen LogP contribution >= 0.6 is 0 Å². The van der Waals surface area contributed by atoms with Crippen molar-refractivity contribution in [3.63, 3.8) is 0 Å². The van der Waals surface area contributed by atoms with Gasteiger partial charge in [0.05, 0.1) is 4.90 Å². The van der Waals surface area contributed by atoms with Crippen LogP contribution < -0.4 is 16.4 Å². The zero-order valence-electron chi connectivity index (χ0n) is 10.5. The summed E-state index contributed by atoms with van der Waals surface area (Å²) in [5.74, 6) is -0.901. The largest absolute Gasteiger partial charge is 0.399 e. The lowest BCUT2D eigenvalue weighted by atomic mass is 10.3. The van der Waals surface area contributed by atoms with Gasteiger partial charge in [-0.2, -0.15) is 0 Å². The predicted molar refractivity (Wildman–Crippen MR) is 70.1 cm³/mol. The molecular formula is C11H15N3O4S. The molecule has 1 aromatic carbocycles. The molecule has 8 heteroatoms. The Morgan fingerprint density at radius 1 is 1.32 bits per heavy atom. The van der Waals surface area contributed by atoms with Gasteiger partial charge in [-0.1, -0.05) is 6.07 Å². The summed E-state index contributed by atoms with van der Waals surface area (Å²) in [5.41, 5.74) is 5.78. The van der Waals surface area contributed by atoms with Crippen LogP contribution in [0, 0.1) is 0 Å². The second-order valence-corrected chi connectivity index (χ2v) is 6.10. The highest BCUT2D eigenvalue weighted by molar-refractivity contribution is 7.92. The molecule has 1 unspecified atom stereocenters. The Balaban J connectivity index is 3.00. The molecular weight excluding hydrogens is 270 g/mol. The first kappa shape index (κ1) is 15.0. The average molecular weight is 285 g/mol. The number of carbonyl (C=O) groups excluding carboxylic acids is 2. The van der Waals surface area contributed by atoms with E-state index < -0.39 is 27.0 Å². The quantitative estimate of drug-likeness (QED) is 0.669. The maximum Gasteiger partial charge on any atom is 0.321 e. The van der Waals surface area contributed by atoms with Crippen molar-refractivity contribution in [1.82, 2.24) is 10.6 Å². The summed E-state index contributed by atoms with van der Waals surface area (Å²) >= 11 is 0. The lowest BCUT2D eigenvalue weighted by Crippen LogP contribution is -2.44. The maximum absolute atomic E-state index is 12.1. The first-order valence-electron chi connectivity index (χ1n) is 5.41. The highest BCUT2D eigenvalue weighted by Gasteiger charge is 2.30. The van der Waals surface area contributed by atoms with Gasteiger partial charge in [-0.3, -0.25) is 10.1 Å². The van der Waals surface area contributed by atoms with Crippen LogP contribution in [0.3, 0.4) is 0 Å². The number of carbonyl (C=O) groups is 2. The molecule has 0 aromatic heterocycles. The molecule has 3 amide bonds. The minimum atomic E-state index is -3.89. The number of benzene rings is 1. The van der Waals surface area contributed by atoms with Crippen LogP contribution in [0.2, 0.25) is 0 Å². The van der Waals surface area contributed by atoms with Crippen molar-refractivity contribution in [3.8, 4) is 0 Å². The molecule has 0 saturated heterocycles. The summed E-state index contributed by atoms with van der Waals surface area (Å²) in [6.45, 7) is 1.21. The second-order valence-electron chi connectivity index (χ2n) is 3.83. The van der Waals surface area contributed by atoms with Gasteiger partial charge in [0.2, 0.25) is 5.91 Å². The molecule has 4 N–H and O–H groups in total. The molecule has 1 rings (SSSR count). The van der Waals surface area contributed by atoms with Crippen LogP contribution in [0.5, 0.6) is 0 Å². The summed E-state index contributed by atoms with van der Waals surface area (Å²) in [6.07, 6.45) is 0. The van der Waals surface area contributed by atoms with E-state index in [0.29, 0.717) is 0 Å². The van der Waals surface area contributed by atoms with Crippen LogP contribution in [0.25, 0.3) is 0 Å². The van der Waals surface area contributed by atoms with Crippen molar-refractivity contribution in [2.24, 2.45) is 0 Å². The number of hydrogen-bond acceptors (Lipinski definition) is 5. The van der Waals surface area contributed by atoms with Crippen LogP contribution in [-0.2, 0) is 14.6 Å². The van der Waals surface area contributed by atoms with Crippen LogP contribution in [0.15, 0.2) is 29.2 Å². The fraction of sp³-hybridized carbons (Fsp3) is 0.273. The Morgan fingerprint density at radius 3 is 2.47 bits per heavy atom. The Bertz CT molecular complexity index is 598. The Labute approximate surface area is 111 Å². The number of hydrogen-bond donors (Lipinski definition) is 3. The van der Waals surface area contributed by atoms with E-state index in [1.54, 1.807) is 0 Å². The zero-order valence-corrected chi connectivity index (χ0v) is 11.3. The molecule has 0 fully saturated rings. The molecule has 0 aliphatic carbocycles. The van der Waals surface area contributed by atoms with E-state index in [9.17, 15) is 18.0 Å². The standard InChI is InChI=1S/C11H15N3O4S/c1-7(10(15)14-11(16)13-2)19(17,18)9-5-3-4-8(12)6-9/h3-7H,12H2,1-2H3,(H2,13,14,15,16). The monoisotopic (exact) mass is 285 g/mol. The first-order valence-corrected chi connectivity index (χ1v) is 6.95. The van der Waals surface area contributed by atoms with Crippen molar-refractivity contribution in [2.45, 2.75) is 17.1 Å². The van der Waals surface area contributed by atoms with E-state index in [2.05, 4.69) is 5.32 Å². The van der Waals surface area contributed by atoms with Crippen LogP contribution in [0.4, 0.5) is 10.5 Å². The fourth-order valence-electron chi connectivity index (χ4n) is 1.31. The molecule has 0 bridgehead atoms. The molecule has 0 radical (unpaired) electrons. The van der Waals surface area contributed by atoms with Crippen LogP contribution in [0.1, 0.15) is 6.92 Å². The average Bonchev–Trinajstić information content (AvgIpc) is 2.37. The highest BCUT2D eigenvalue weighted by Crippen LogP contribution is 2.18. The number of anilines is 1. The molecule has 7 nitrogen and oxygen atoms in total. The molecule has 19 heavy (non-hydrogen) atoms. The highest BCUT2D eigenvalue weighted by atomic mass is 32.2. The third-order valence-electron chi connectivity index (χ3n) is 2.49. The maximum atomic E-state index is 12.1.